The third-order valence-corrected chi connectivity index (χ3v) is 4.41. The lowest BCUT2D eigenvalue weighted by Gasteiger charge is -2.32. The molecule has 7 nitrogen and oxygen atoms in total. The zero-order chi connectivity index (χ0) is 18.5. The van der Waals surface area contributed by atoms with Crippen LogP contribution >= 0.6 is 11.6 Å². The number of nitrogens with one attached hydrogen (secondary N) is 1. The first kappa shape index (κ1) is 18.3. The zero-order valence-electron chi connectivity index (χ0n) is 14.9. The van der Waals surface area contributed by atoms with E-state index in [2.05, 4.69) is 15.3 Å². The zero-order valence-corrected chi connectivity index (χ0v) is 15.6. The smallest absolute Gasteiger partial charge is 0.241 e. The predicted molar refractivity (Wildman–Crippen MR) is 102 cm³/mol. The van der Waals surface area contributed by atoms with Crippen molar-refractivity contribution in [2.45, 2.75) is 13.0 Å². The highest BCUT2D eigenvalue weighted by Gasteiger charge is 2.22. The van der Waals surface area contributed by atoms with Gasteiger partial charge in [0.15, 0.2) is 0 Å². The van der Waals surface area contributed by atoms with E-state index in [1.54, 1.807) is 17.0 Å². The summed E-state index contributed by atoms with van der Waals surface area (Å²) in [6.07, 6.45) is 1.45. The van der Waals surface area contributed by atoms with Crippen molar-refractivity contribution in [2.24, 2.45) is 0 Å². The Bertz CT molecular complexity index is 756. The molecular formula is C18H22ClN5O2. The molecule has 1 aliphatic heterocycles. The Kier molecular flexibility index (Phi) is 5.78. The molecule has 0 bridgehead atoms. The fourth-order valence-electron chi connectivity index (χ4n) is 2.61. The van der Waals surface area contributed by atoms with Crippen LogP contribution in [-0.2, 0) is 4.79 Å². The maximum atomic E-state index is 11.9. The van der Waals surface area contributed by atoms with Gasteiger partial charge in [-0.2, -0.15) is 0 Å². The molecule has 1 N–H and O–H groups in total. The number of carbonyl (C=O) groups is 1. The topological polar surface area (TPSA) is 70.6 Å². The summed E-state index contributed by atoms with van der Waals surface area (Å²) in [5.41, 5.74) is 0. The van der Waals surface area contributed by atoms with Gasteiger partial charge in [0.2, 0.25) is 5.91 Å². The molecule has 1 amide bonds. The van der Waals surface area contributed by atoms with Crippen molar-refractivity contribution < 1.29 is 9.53 Å². The molecule has 1 saturated heterocycles. The molecule has 3 rings (SSSR count). The van der Waals surface area contributed by atoms with Crippen molar-refractivity contribution in [3.8, 4) is 5.75 Å². The predicted octanol–water partition coefficient (Wildman–Crippen LogP) is 2.29. The van der Waals surface area contributed by atoms with Crippen LogP contribution in [0, 0.1) is 0 Å². The molecule has 0 radical (unpaired) electrons. The van der Waals surface area contributed by atoms with E-state index in [0.29, 0.717) is 30.5 Å². The first-order chi connectivity index (χ1) is 12.5. The molecule has 138 valence electrons. The molecule has 1 unspecified atom stereocenters. The van der Waals surface area contributed by atoms with Crippen LogP contribution in [0.1, 0.15) is 6.92 Å². The summed E-state index contributed by atoms with van der Waals surface area (Å²) in [6, 6.07) is 9.13. The summed E-state index contributed by atoms with van der Waals surface area (Å²) in [5.74, 6) is 2.31. The fourth-order valence-corrected chi connectivity index (χ4v) is 2.73. The highest BCUT2D eigenvalue weighted by atomic mass is 35.5. The molecule has 8 heteroatoms. The fraction of sp³-hybridized carbons (Fsp3) is 0.389. The minimum absolute atomic E-state index is 0.0557. The van der Waals surface area contributed by atoms with Crippen LogP contribution in [0.25, 0.3) is 0 Å². The molecule has 0 saturated carbocycles. The molecule has 2 aromatic rings. The van der Waals surface area contributed by atoms with Crippen LogP contribution in [0.15, 0.2) is 36.7 Å². The minimum atomic E-state index is -0.0557. The number of piperazine rings is 1. The molecule has 1 fully saturated rings. The lowest BCUT2D eigenvalue weighted by molar-refractivity contribution is -0.129. The van der Waals surface area contributed by atoms with Gasteiger partial charge in [0.1, 0.15) is 29.8 Å². The van der Waals surface area contributed by atoms with Crippen LogP contribution in [0.5, 0.6) is 5.75 Å². The second-order valence-electron chi connectivity index (χ2n) is 6.26. The van der Waals surface area contributed by atoms with Gasteiger partial charge in [0, 0.05) is 31.2 Å². The Morgan fingerprint density at radius 1 is 1.27 bits per heavy atom. The van der Waals surface area contributed by atoms with Gasteiger partial charge >= 0.3 is 0 Å². The third kappa shape index (κ3) is 4.76. The van der Waals surface area contributed by atoms with Gasteiger partial charge in [-0.25, -0.2) is 9.97 Å². The number of amides is 1. The second-order valence-corrected chi connectivity index (χ2v) is 6.70. The maximum Gasteiger partial charge on any atom is 0.241 e. The molecule has 0 aliphatic carbocycles. The van der Waals surface area contributed by atoms with Crippen LogP contribution in [0.4, 0.5) is 11.6 Å². The summed E-state index contributed by atoms with van der Waals surface area (Å²) in [4.78, 5) is 24.1. The van der Waals surface area contributed by atoms with Crippen molar-refractivity contribution in [1.82, 2.24) is 14.9 Å². The molecule has 1 aromatic heterocycles. The van der Waals surface area contributed by atoms with E-state index in [1.807, 2.05) is 37.1 Å². The quantitative estimate of drug-likeness (QED) is 0.835. The number of benzene rings is 1. The highest BCUT2D eigenvalue weighted by molar-refractivity contribution is 6.30. The van der Waals surface area contributed by atoms with Gasteiger partial charge < -0.3 is 19.9 Å². The van der Waals surface area contributed by atoms with Gasteiger partial charge in [-0.15, -0.1) is 0 Å². The second kappa shape index (κ2) is 8.23. The Hall–Kier alpha value is -2.54. The number of halogens is 1. The van der Waals surface area contributed by atoms with Crippen LogP contribution in [0.2, 0.25) is 5.02 Å². The number of carbonyl (C=O) groups excluding carboxylic acids is 1. The summed E-state index contributed by atoms with van der Waals surface area (Å²) in [7, 11) is 1.81. The number of aromatic nitrogens is 2. The SMILES string of the molecule is CC(CNc1cc(N2CCN(C)C(=O)C2)ncn1)Oc1ccc(Cl)cc1. The average molecular weight is 376 g/mol. The standard InChI is InChI=1S/C18H22ClN5O2/c1-13(26-15-5-3-14(19)4-6-15)10-20-16-9-17(22-12-21-16)24-8-7-23(2)18(25)11-24/h3-6,9,12-13H,7-8,10-11H2,1-2H3,(H,20,21,22). The van der Waals surface area contributed by atoms with Crippen molar-refractivity contribution in [1.29, 1.82) is 0 Å². The largest absolute Gasteiger partial charge is 0.489 e. The lowest BCUT2D eigenvalue weighted by Crippen LogP contribution is -2.48. The first-order valence-corrected chi connectivity index (χ1v) is 8.86. The van der Waals surface area contributed by atoms with Crippen LogP contribution < -0.4 is 15.0 Å². The number of hydrogen-bond donors (Lipinski definition) is 1. The van der Waals surface area contributed by atoms with E-state index in [-0.39, 0.29) is 12.0 Å². The molecule has 26 heavy (non-hydrogen) atoms. The monoisotopic (exact) mass is 375 g/mol. The van der Waals surface area contributed by atoms with Crippen molar-refractivity contribution in [3.63, 3.8) is 0 Å². The van der Waals surface area contributed by atoms with E-state index in [4.69, 9.17) is 16.3 Å². The molecule has 1 aliphatic rings. The Balaban J connectivity index is 1.55. The van der Waals surface area contributed by atoms with Crippen molar-refractivity contribution >= 4 is 29.1 Å². The normalized spacial score (nSPS) is 15.7. The molecular weight excluding hydrogens is 354 g/mol. The molecule has 1 atom stereocenters. The number of likely N-dealkylation sites (N-methyl/N-ethyl adjacent to an activating group) is 1. The summed E-state index contributed by atoms with van der Waals surface area (Å²) >= 11 is 5.88. The van der Waals surface area contributed by atoms with Crippen LogP contribution in [-0.4, -0.2) is 60.1 Å². The van der Waals surface area contributed by atoms with Gasteiger partial charge in [-0.1, -0.05) is 11.6 Å². The van der Waals surface area contributed by atoms with Gasteiger partial charge in [0.25, 0.3) is 0 Å². The number of ether oxygens (including phenoxy) is 1. The minimum Gasteiger partial charge on any atom is -0.489 e. The van der Waals surface area contributed by atoms with E-state index < -0.39 is 0 Å². The van der Waals surface area contributed by atoms with E-state index in [0.717, 1.165) is 18.1 Å². The van der Waals surface area contributed by atoms with E-state index in [1.165, 1.54) is 6.33 Å². The number of anilines is 2. The average Bonchev–Trinajstić information content (AvgIpc) is 2.64. The maximum absolute atomic E-state index is 11.9. The summed E-state index contributed by atoms with van der Waals surface area (Å²) in [5, 5.41) is 3.93. The van der Waals surface area contributed by atoms with Crippen LogP contribution in [0.3, 0.4) is 0 Å². The number of rotatable bonds is 6. The molecule has 1 aromatic carbocycles. The molecule has 2 heterocycles. The third-order valence-electron chi connectivity index (χ3n) is 4.16. The first-order valence-electron chi connectivity index (χ1n) is 8.48. The van der Waals surface area contributed by atoms with Crippen molar-refractivity contribution in [2.75, 3.05) is 43.4 Å². The molecule has 0 spiro atoms. The summed E-state index contributed by atoms with van der Waals surface area (Å²) < 4.78 is 5.84. The Morgan fingerprint density at radius 3 is 2.77 bits per heavy atom. The number of hydrogen-bond acceptors (Lipinski definition) is 6. The number of nitrogens with zero attached hydrogens (tertiary/aromatic N) is 4. The van der Waals surface area contributed by atoms with E-state index in [9.17, 15) is 4.79 Å². The Morgan fingerprint density at radius 2 is 2.04 bits per heavy atom. The van der Waals surface area contributed by atoms with E-state index >= 15 is 0 Å². The summed E-state index contributed by atoms with van der Waals surface area (Å²) in [6.45, 7) is 4.35. The van der Waals surface area contributed by atoms with Crippen molar-refractivity contribution in [3.05, 3.63) is 41.7 Å². The van der Waals surface area contributed by atoms with Gasteiger partial charge in [0.05, 0.1) is 13.1 Å². The highest BCUT2D eigenvalue weighted by Crippen LogP contribution is 2.18. The van der Waals surface area contributed by atoms with Gasteiger partial charge in [-0.3, -0.25) is 4.79 Å². The van der Waals surface area contributed by atoms with Gasteiger partial charge in [-0.05, 0) is 31.2 Å². The Labute approximate surface area is 157 Å². The lowest BCUT2D eigenvalue weighted by atomic mass is 10.3.